The minimum Gasteiger partial charge on any atom is -0.344 e. The highest BCUT2D eigenvalue weighted by molar-refractivity contribution is 5.90. The zero-order valence-corrected chi connectivity index (χ0v) is 11.5. The number of nitrogens with one attached hydrogen (secondary N) is 1. The summed E-state index contributed by atoms with van der Waals surface area (Å²) in [7, 11) is 0. The van der Waals surface area contributed by atoms with Crippen LogP contribution in [0.25, 0.3) is 0 Å². The number of rotatable bonds is 2. The maximum absolute atomic E-state index is 12.6. The Labute approximate surface area is 114 Å². The fourth-order valence-corrected chi connectivity index (χ4v) is 3.08. The van der Waals surface area contributed by atoms with Gasteiger partial charge in [-0.05, 0) is 25.7 Å². The third kappa shape index (κ3) is 3.09. The second kappa shape index (κ2) is 6.10. The summed E-state index contributed by atoms with van der Waals surface area (Å²) < 4.78 is 0. The average Bonchev–Trinajstić information content (AvgIpc) is 2.59. The lowest BCUT2D eigenvalue weighted by Crippen LogP contribution is -2.51. The third-order valence-electron chi connectivity index (χ3n) is 4.28. The molecule has 1 N–H and O–H groups in total. The van der Waals surface area contributed by atoms with Crippen molar-refractivity contribution in [3.05, 3.63) is 0 Å². The first-order valence-corrected chi connectivity index (χ1v) is 7.19. The second-order valence-electron chi connectivity index (χ2n) is 5.57. The van der Waals surface area contributed by atoms with E-state index < -0.39 is 0 Å². The summed E-state index contributed by atoms with van der Waals surface area (Å²) in [6.45, 7) is 2.27. The van der Waals surface area contributed by atoms with Crippen molar-refractivity contribution in [2.45, 2.75) is 57.5 Å². The van der Waals surface area contributed by atoms with Crippen LogP contribution in [0, 0.1) is 18.3 Å². The summed E-state index contributed by atoms with van der Waals surface area (Å²) in [6, 6.07) is -0.614. The highest BCUT2D eigenvalue weighted by Gasteiger charge is 2.37. The van der Waals surface area contributed by atoms with E-state index in [-0.39, 0.29) is 29.8 Å². The Balaban J connectivity index is 2.16. The molecule has 19 heavy (non-hydrogen) atoms. The van der Waals surface area contributed by atoms with Crippen LogP contribution in [-0.4, -0.2) is 35.3 Å². The summed E-state index contributed by atoms with van der Waals surface area (Å²) in [4.78, 5) is 26.1. The first-order valence-electron chi connectivity index (χ1n) is 7.19. The van der Waals surface area contributed by atoms with Crippen molar-refractivity contribution < 1.29 is 9.59 Å². The Morgan fingerprint density at radius 1 is 1.32 bits per heavy atom. The fourth-order valence-electron chi connectivity index (χ4n) is 3.08. The van der Waals surface area contributed by atoms with Crippen molar-refractivity contribution in [1.29, 1.82) is 0 Å². The van der Waals surface area contributed by atoms with Gasteiger partial charge in [-0.15, -0.1) is 6.42 Å². The van der Waals surface area contributed by atoms with E-state index in [0.717, 1.165) is 25.7 Å². The van der Waals surface area contributed by atoms with Crippen molar-refractivity contribution in [3.63, 3.8) is 0 Å². The highest BCUT2D eigenvalue weighted by atomic mass is 16.2. The highest BCUT2D eigenvalue weighted by Crippen LogP contribution is 2.28. The molecule has 4 heteroatoms. The summed E-state index contributed by atoms with van der Waals surface area (Å²) in [6.07, 6.45) is 11.3. The molecule has 2 atom stereocenters. The zero-order chi connectivity index (χ0) is 13.8. The quantitative estimate of drug-likeness (QED) is 0.763. The fraction of sp³-hybridized carbons (Fsp3) is 0.733. The minimum atomic E-state index is -0.369. The van der Waals surface area contributed by atoms with Gasteiger partial charge in [-0.3, -0.25) is 9.59 Å². The van der Waals surface area contributed by atoms with Crippen LogP contribution in [-0.2, 0) is 9.59 Å². The van der Waals surface area contributed by atoms with Crippen molar-refractivity contribution >= 4 is 11.8 Å². The molecule has 1 saturated heterocycles. The van der Waals surface area contributed by atoms with Gasteiger partial charge in [0.25, 0.3) is 0 Å². The molecule has 4 nitrogen and oxygen atoms in total. The molecule has 0 aromatic rings. The van der Waals surface area contributed by atoms with Gasteiger partial charge in [-0.1, -0.05) is 25.2 Å². The lowest BCUT2D eigenvalue weighted by atomic mass is 9.83. The molecule has 2 rings (SSSR count). The summed E-state index contributed by atoms with van der Waals surface area (Å²) in [5.74, 6) is 2.84. The van der Waals surface area contributed by atoms with E-state index in [1.54, 1.807) is 4.90 Å². The van der Waals surface area contributed by atoms with E-state index in [1.165, 1.54) is 6.42 Å². The van der Waals surface area contributed by atoms with Crippen LogP contribution in [0.15, 0.2) is 0 Å². The molecule has 2 amide bonds. The molecule has 2 unspecified atom stereocenters. The van der Waals surface area contributed by atoms with E-state index in [4.69, 9.17) is 6.42 Å². The van der Waals surface area contributed by atoms with Gasteiger partial charge in [0, 0.05) is 13.0 Å². The van der Waals surface area contributed by atoms with E-state index in [9.17, 15) is 9.59 Å². The number of nitrogens with zero attached hydrogens (tertiary/aromatic N) is 1. The van der Waals surface area contributed by atoms with Crippen LogP contribution in [0.3, 0.4) is 0 Å². The summed E-state index contributed by atoms with van der Waals surface area (Å²) in [5, 5.41) is 2.91. The lowest BCUT2D eigenvalue weighted by Gasteiger charge is -2.32. The van der Waals surface area contributed by atoms with Crippen LogP contribution < -0.4 is 5.32 Å². The van der Waals surface area contributed by atoms with Gasteiger partial charge < -0.3 is 10.2 Å². The molecule has 2 fully saturated rings. The molecule has 1 heterocycles. The lowest BCUT2D eigenvalue weighted by molar-refractivity contribution is -0.136. The molecule has 0 aromatic heterocycles. The number of terminal acetylenes is 1. The van der Waals surface area contributed by atoms with E-state index in [0.29, 0.717) is 13.0 Å². The predicted octanol–water partition coefficient (Wildman–Crippen LogP) is 1.31. The van der Waals surface area contributed by atoms with Crippen LogP contribution in [0.2, 0.25) is 0 Å². The van der Waals surface area contributed by atoms with Crippen molar-refractivity contribution in [1.82, 2.24) is 10.2 Å². The van der Waals surface area contributed by atoms with Gasteiger partial charge in [0.15, 0.2) is 0 Å². The Morgan fingerprint density at radius 2 is 2.00 bits per heavy atom. The van der Waals surface area contributed by atoms with Crippen LogP contribution in [0.4, 0.5) is 0 Å². The predicted molar refractivity (Wildman–Crippen MR) is 73.1 cm³/mol. The first-order chi connectivity index (χ1) is 9.13. The smallest absolute Gasteiger partial charge is 0.246 e. The SMILES string of the molecule is C#CC(C)N1CCC(=O)NC(C2CCCCC2)C1=O. The molecule has 1 aliphatic carbocycles. The van der Waals surface area contributed by atoms with E-state index in [1.807, 2.05) is 6.92 Å². The molecule has 1 aliphatic heterocycles. The monoisotopic (exact) mass is 262 g/mol. The Bertz CT molecular complexity index is 393. The van der Waals surface area contributed by atoms with Gasteiger partial charge in [0.2, 0.25) is 11.8 Å². The molecule has 1 saturated carbocycles. The van der Waals surface area contributed by atoms with Gasteiger partial charge in [0.1, 0.15) is 6.04 Å². The molecular formula is C15H22N2O2. The van der Waals surface area contributed by atoms with E-state index >= 15 is 0 Å². The standard InChI is InChI=1S/C15H22N2O2/c1-3-11(2)17-10-9-13(18)16-14(15(17)19)12-7-5-4-6-8-12/h1,11-12,14H,4-10H2,2H3,(H,16,18). The van der Waals surface area contributed by atoms with Crippen molar-refractivity contribution in [2.24, 2.45) is 5.92 Å². The summed E-state index contributed by atoms with van der Waals surface area (Å²) in [5.41, 5.74) is 0. The molecule has 104 valence electrons. The minimum absolute atomic E-state index is 0.00296. The molecule has 0 radical (unpaired) electrons. The normalized spacial score (nSPS) is 27.4. The number of carbonyl (C=O) groups is 2. The maximum atomic E-state index is 12.6. The van der Waals surface area contributed by atoms with E-state index in [2.05, 4.69) is 11.2 Å². The Morgan fingerprint density at radius 3 is 2.63 bits per heavy atom. The van der Waals surface area contributed by atoms with Crippen molar-refractivity contribution in [3.8, 4) is 12.3 Å². The van der Waals surface area contributed by atoms with Gasteiger partial charge in [-0.25, -0.2) is 0 Å². The van der Waals surface area contributed by atoms with Crippen molar-refractivity contribution in [2.75, 3.05) is 6.54 Å². The maximum Gasteiger partial charge on any atom is 0.246 e. The molecule has 0 bridgehead atoms. The number of hydrogen-bond acceptors (Lipinski definition) is 2. The second-order valence-corrected chi connectivity index (χ2v) is 5.57. The number of amides is 2. The first kappa shape index (κ1) is 13.9. The third-order valence-corrected chi connectivity index (χ3v) is 4.28. The Hall–Kier alpha value is -1.50. The molecule has 2 aliphatic rings. The Kier molecular flexibility index (Phi) is 4.47. The van der Waals surface area contributed by atoms with Gasteiger partial charge in [0.05, 0.1) is 6.04 Å². The molecular weight excluding hydrogens is 240 g/mol. The number of hydrogen-bond donors (Lipinski definition) is 1. The van der Waals surface area contributed by atoms with Gasteiger partial charge in [-0.2, -0.15) is 0 Å². The molecule has 0 aromatic carbocycles. The number of carbonyl (C=O) groups excluding carboxylic acids is 2. The van der Waals surface area contributed by atoms with Crippen LogP contribution >= 0.6 is 0 Å². The van der Waals surface area contributed by atoms with Crippen LogP contribution in [0.1, 0.15) is 45.4 Å². The van der Waals surface area contributed by atoms with Gasteiger partial charge >= 0.3 is 0 Å². The van der Waals surface area contributed by atoms with Crippen LogP contribution in [0.5, 0.6) is 0 Å². The molecule has 0 spiro atoms. The average molecular weight is 262 g/mol. The largest absolute Gasteiger partial charge is 0.344 e. The zero-order valence-electron chi connectivity index (χ0n) is 11.5. The topological polar surface area (TPSA) is 49.4 Å². The summed E-state index contributed by atoms with van der Waals surface area (Å²) >= 11 is 0.